The van der Waals surface area contributed by atoms with E-state index in [1.54, 1.807) is 24.3 Å². The summed E-state index contributed by atoms with van der Waals surface area (Å²) in [6.45, 7) is 5.12. The van der Waals surface area contributed by atoms with E-state index in [2.05, 4.69) is 5.10 Å². The Morgan fingerprint density at radius 3 is 2.08 bits per heavy atom. The van der Waals surface area contributed by atoms with E-state index in [1.807, 2.05) is 32.0 Å². The zero-order valence-corrected chi connectivity index (χ0v) is 15.0. The highest BCUT2D eigenvalue weighted by molar-refractivity contribution is 6.40. The molecule has 0 radical (unpaired) electrons. The Hall–Kier alpha value is -2.35. The van der Waals surface area contributed by atoms with Crippen molar-refractivity contribution in [1.82, 2.24) is 0 Å². The third-order valence-corrected chi connectivity index (χ3v) is 3.88. The normalized spacial score (nSPS) is 11.1. The van der Waals surface area contributed by atoms with E-state index in [1.165, 1.54) is 6.92 Å². The van der Waals surface area contributed by atoms with Crippen molar-refractivity contribution in [1.29, 1.82) is 5.26 Å². The third kappa shape index (κ3) is 3.94. The molecule has 4 nitrogen and oxygen atoms in total. The second kappa shape index (κ2) is 7.48. The zero-order valence-electron chi connectivity index (χ0n) is 13.5. The summed E-state index contributed by atoms with van der Waals surface area (Å²) >= 11 is 12.5. The van der Waals surface area contributed by atoms with E-state index in [-0.39, 0.29) is 11.4 Å². The first-order valence-electron chi connectivity index (χ1n) is 7.15. The summed E-state index contributed by atoms with van der Waals surface area (Å²) in [5, 5.41) is 15.3. The third-order valence-electron chi connectivity index (χ3n) is 3.30. The van der Waals surface area contributed by atoms with Crippen LogP contribution in [-0.2, 0) is 4.79 Å². The molecule has 0 spiro atoms. The number of carbonyl (C=O) groups excluding carboxylic acids is 1. The number of nitriles is 1. The van der Waals surface area contributed by atoms with Crippen molar-refractivity contribution in [3.05, 3.63) is 63.1 Å². The number of aryl methyl sites for hydroxylation is 2. The number of hydrazone groups is 1. The summed E-state index contributed by atoms with van der Waals surface area (Å²) in [5.74, 6) is -0.400. The lowest BCUT2D eigenvalue weighted by atomic mass is 10.1. The van der Waals surface area contributed by atoms with Crippen LogP contribution in [0.3, 0.4) is 0 Å². The molecular weight excluding hydrogens is 345 g/mol. The monoisotopic (exact) mass is 359 g/mol. The van der Waals surface area contributed by atoms with Gasteiger partial charge in [-0.1, -0.05) is 53.0 Å². The Bertz CT molecular complexity index is 829. The lowest BCUT2D eigenvalue weighted by Gasteiger charge is -2.19. The Morgan fingerprint density at radius 2 is 1.62 bits per heavy atom. The summed E-state index contributed by atoms with van der Waals surface area (Å²) in [6, 6.07) is 12.7. The Morgan fingerprint density at radius 1 is 1.08 bits per heavy atom. The number of halogens is 2. The van der Waals surface area contributed by atoms with Crippen LogP contribution in [0.25, 0.3) is 0 Å². The molecule has 0 aliphatic heterocycles. The number of hydrogen-bond acceptors (Lipinski definition) is 3. The minimum Gasteiger partial charge on any atom is -0.273 e. The van der Waals surface area contributed by atoms with Gasteiger partial charge in [0.25, 0.3) is 0 Å². The minimum absolute atomic E-state index is 0.0953. The van der Waals surface area contributed by atoms with Crippen molar-refractivity contribution in [3.8, 4) is 6.07 Å². The van der Waals surface area contributed by atoms with Crippen molar-refractivity contribution in [2.45, 2.75) is 20.8 Å². The lowest BCUT2D eigenvalue weighted by Crippen LogP contribution is -2.25. The number of hydrogen-bond donors (Lipinski definition) is 0. The minimum atomic E-state index is -0.400. The van der Waals surface area contributed by atoms with Crippen molar-refractivity contribution in [3.63, 3.8) is 0 Å². The molecule has 24 heavy (non-hydrogen) atoms. The van der Waals surface area contributed by atoms with Gasteiger partial charge in [0.1, 0.15) is 11.8 Å². The van der Waals surface area contributed by atoms with Crippen molar-refractivity contribution >= 4 is 40.5 Å². The van der Waals surface area contributed by atoms with Gasteiger partial charge in [-0.2, -0.15) is 15.4 Å². The molecule has 0 aliphatic carbocycles. The van der Waals surface area contributed by atoms with Crippen LogP contribution in [0, 0.1) is 25.2 Å². The van der Waals surface area contributed by atoms with E-state index in [0.29, 0.717) is 15.6 Å². The van der Waals surface area contributed by atoms with Gasteiger partial charge in [-0.25, -0.2) is 0 Å². The maximum atomic E-state index is 12.1. The highest BCUT2D eigenvalue weighted by atomic mass is 35.5. The average Bonchev–Trinajstić information content (AvgIpc) is 2.50. The van der Waals surface area contributed by atoms with E-state index in [0.717, 1.165) is 16.1 Å². The van der Waals surface area contributed by atoms with Gasteiger partial charge in [0.2, 0.25) is 5.91 Å². The number of nitrogens with zero attached hydrogens (tertiary/aromatic N) is 3. The Kier molecular flexibility index (Phi) is 5.61. The molecular formula is C18H15Cl2N3O. The fraction of sp³-hybridized carbons (Fsp3) is 0.167. The summed E-state index contributed by atoms with van der Waals surface area (Å²) in [5.41, 5.74) is 2.88. The molecule has 0 N–H and O–H groups in total. The first kappa shape index (κ1) is 18.0. The summed E-state index contributed by atoms with van der Waals surface area (Å²) in [4.78, 5) is 12.1. The van der Waals surface area contributed by atoms with Gasteiger partial charge in [0.15, 0.2) is 5.71 Å². The van der Waals surface area contributed by atoms with E-state index in [9.17, 15) is 10.1 Å². The van der Waals surface area contributed by atoms with Gasteiger partial charge in [-0.3, -0.25) is 4.79 Å². The SMILES string of the molecule is CC(=O)N(/N=C(/C#N)c1ccc(C)cc1)c1c(Cl)cc(C)cc1Cl. The van der Waals surface area contributed by atoms with E-state index in [4.69, 9.17) is 23.2 Å². The van der Waals surface area contributed by atoms with Gasteiger partial charge in [-0.05, 0) is 31.5 Å². The van der Waals surface area contributed by atoms with Crippen LogP contribution in [0.4, 0.5) is 5.69 Å². The second-order valence-electron chi connectivity index (χ2n) is 5.33. The molecule has 0 saturated carbocycles. The number of rotatable bonds is 3. The summed E-state index contributed by atoms with van der Waals surface area (Å²) < 4.78 is 0. The highest BCUT2D eigenvalue weighted by Crippen LogP contribution is 2.35. The molecule has 122 valence electrons. The fourth-order valence-corrected chi connectivity index (χ4v) is 2.88. The predicted molar refractivity (Wildman–Crippen MR) is 97.7 cm³/mol. The maximum Gasteiger partial charge on any atom is 0.244 e. The highest BCUT2D eigenvalue weighted by Gasteiger charge is 2.20. The lowest BCUT2D eigenvalue weighted by molar-refractivity contribution is -0.116. The Balaban J connectivity index is 2.58. The maximum absolute atomic E-state index is 12.1. The molecule has 0 aromatic heterocycles. The largest absolute Gasteiger partial charge is 0.273 e. The van der Waals surface area contributed by atoms with Crippen LogP contribution in [0.2, 0.25) is 10.0 Å². The molecule has 0 unspecified atom stereocenters. The number of carbonyl (C=O) groups is 1. The molecule has 0 bridgehead atoms. The van der Waals surface area contributed by atoms with Crippen LogP contribution in [0.5, 0.6) is 0 Å². The average molecular weight is 360 g/mol. The van der Waals surface area contributed by atoms with E-state index >= 15 is 0 Å². The molecule has 0 atom stereocenters. The van der Waals surface area contributed by atoms with Crippen molar-refractivity contribution in [2.75, 3.05) is 5.01 Å². The molecule has 0 heterocycles. The smallest absolute Gasteiger partial charge is 0.244 e. The van der Waals surface area contributed by atoms with Crippen molar-refractivity contribution < 1.29 is 4.79 Å². The molecule has 0 aliphatic rings. The summed E-state index contributed by atoms with van der Waals surface area (Å²) in [6.07, 6.45) is 0. The van der Waals surface area contributed by atoms with Gasteiger partial charge in [0.05, 0.1) is 10.0 Å². The van der Waals surface area contributed by atoms with Crippen LogP contribution < -0.4 is 5.01 Å². The number of amides is 1. The zero-order chi connectivity index (χ0) is 17.9. The first-order valence-corrected chi connectivity index (χ1v) is 7.91. The van der Waals surface area contributed by atoms with Crippen LogP contribution in [0.15, 0.2) is 41.5 Å². The van der Waals surface area contributed by atoms with Gasteiger partial charge < -0.3 is 0 Å². The standard InChI is InChI=1S/C18H15Cl2N3O/c1-11-4-6-14(7-5-11)17(10-21)22-23(13(3)24)18-15(19)8-12(2)9-16(18)20/h4-9H,1-3H3/b22-17-. The molecule has 2 rings (SSSR count). The second-order valence-corrected chi connectivity index (χ2v) is 6.15. The first-order chi connectivity index (χ1) is 11.3. The number of anilines is 1. The van der Waals surface area contributed by atoms with E-state index < -0.39 is 5.91 Å². The van der Waals surface area contributed by atoms with Crippen molar-refractivity contribution in [2.24, 2.45) is 5.10 Å². The topological polar surface area (TPSA) is 56.5 Å². The molecule has 1 amide bonds. The van der Waals surface area contributed by atoms with Gasteiger partial charge >= 0.3 is 0 Å². The van der Waals surface area contributed by atoms with Crippen LogP contribution in [0.1, 0.15) is 23.6 Å². The van der Waals surface area contributed by atoms with Gasteiger partial charge in [-0.15, -0.1) is 0 Å². The fourth-order valence-electron chi connectivity index (χ4n) is 2.13. The summed E-state index contributed by atoms with van der Waals surface area (Å²) in [7, 11) is 0. The molecule has 0 saturated heterocycles. The molecule has 2 aromatic carbocycles. The molecule has 0 fully saturated rings. The van der Waals surface area contributed by atoms with Crippen LogP contribution in [-0.4, -0.2) is 11.6 Å². The quantitative estimate of drug-likeness (QED) is 0.578. The Labute approximate surface area is 150 Å². The number of benzene rings is 2. The van der Waals surface area contributed by atoms with Crippen LogP contribution >= 0.6 is 23.2 Å². The predicted octanol–water partition coefficient (Wildman–Crippen LogP) is 4.89. The molecule has 2 aromatic rings. The molecule has 6 heteroatoms. The van der Waals surface area contributed by atoms with Gasteiger partial charge in [0, 0.05) is 12.5 Å².